The molecule has 0 fully saturated rings. The van der Waals surface area contributed by atoms with E-state index >= 15 is 0 Å². The van der Waals surface area contributed by atoms with Crippen molar-refractivity contribution in [2.75, 3.05) is 5.73 Å². The van der Waals surface area contributed by atoms with Crippen LogP contribution in [0.1, 0.15) is 5.56 Å². The molecule has 138 valence electrons. The van der Waals surface area contributed by atoms with Crippen molar-refractivity contribution in [2.45, 2.75) is 6.54 Å². The lowest BCUT2D eigenvalue weighted by atomic mass is 10.1. The summed E-state index contributed by atoms with van der Waals surface area (Å²) in [4.78, 5) is 14.7. The fourth-order valence-corrected chi connectivity index (χ4v) is 4.23. The van der Waals surface area contributed by atoms with Crippen LogP contribution in [-0.4, -0.2) is 28.3 Å². The van der Waals surface area contributed by atoms with E-state index in [1.807, 2.05) is 41.9 Å². The Labute approximate surface area is 161 Å². The number of anilines is 1. The van der Waals surface area contributed by atoms with E-state index in [1.165, 1.54) is 6.33 Å². The van der Waals surface area contributed by atoms with Gasteiger partial charge in [0.15, 0.2) is 0 Å². The number of thiophene rings is 1. The number of nitrogen functional groups attached to an aromatic ring is 1. The first-order valence-electron chi connectivity index (χ1n) is 7.98. The fourth-order valence-electron chi connectivity index (χ4n) is 2.85. The minimum Gasteiger partial charge on any atom is -0.383 e. The van der Waals surface area contributed by atoms with Crippen molar-refractivity contribution < 1.29 is 8.76 Å². The second-order valence-corrected chi connectivity index (χ2v) is 7.73. The van der Waals surface area contributed by atoms with Gasteiger partial charge in [0.05, 0.1) is 28.0 Å². The fraction of sp³-hybridized carbons (Fsp3) is 0.118. The van der Waals surface area contributed by atoms with Gasteiger partial charge in [-0.3, -0.25) is 4.55 Å². The SMILES string of the molecule is Cn1cnc(-c2ccc(CNS(=O)O)cc2)c1-c1cc2c(N)ncnc2s1. The van der Waals surface area contributed by atoms with E-state index in [0.717, 1.165) is 37.6 Å². The molecule has 0 amide bonds. The lowest BCUT2D eigenvalue weighted by molar-refractivity contribution is 0.548. The van der Waals surface area contributed by atoms with Crippen molar-refractivity contribution in [1.82, 2.24) is 24.2 Å². The van der Waals surface area contributed by atoms with Gasteiger partial charge in [-0.1, -0.05) is 24.3 Å². The van der Waals surface area contributed by atoms with Gasteiger partial charge in [-0.2, -0.15) is 0 Å². The molecule has 10 heteroatoms. The van der Waals surface area contributed by atoms with Crippen molar-refractivity contribution in [3.63, 3.8) is 0 Å². The molecule has 1 aromatic carbocycles. The molecule has 4 aromatic rings. The lowest BCUT2D eigenvalue weighted by Gasteiger charge is -2.06. The Kier molecular flexibility index (Phi) is 4.70. The summed E-state index contributed by atoms with van der Waals surface area (Å²) in [5.41, 5.74) is 9.64. The molecule has 1 unspecified atom stereocenters. The molecule has 27 heavy (non-hydrogen) atoms. The maximum atomic E-state index is 10.7. The number of nitrogens with two attached hydrogens (primary N) is 1. The number of hydrogen-bond donors (Lipinski definition) is 3. The van der Waals surface area contributed by atoms with Crippen LogP contribution in [0.15, 0.2) is 43.0 Å². The molecule has 8 nitrogen and oxygen atoms in total. The van der Waals surface area contributed by atoms with Crippen LogP contribution in [0.2, 0.25) is 0 Å². The van der Waals surface area contributed by atoms with Gasteiger partial charge in [0.25, 0.3) is 0 Å². The number of aromatic nitrogens is 4. The molecular weight excluding hydrogens is 384 g/mol. The maximum absolute atomic E-state index is 10.7. The predicted octanol–water partition coefficient (Wildman–Crippen LogP) is 2.57. The third kappa shape index (κ3) is 3.47. The van der Waals surface area contributed by atoms with Crippen molar-refractivity contribution >= 4 is 38.6 Å². The summed E-state index contributed by atoms with van der Waals surface area (Å²) in [5, 5.41) is 0.836. The Balaban J connectivity index is 1.73. The molecular formula is C17H16N6O2S2. The number of nitrogens with zero attached hydrogens (tertiary/aromatic N) is 4. The highest BCUT2D eigenvalue weighted by atomic mass is 32.2. The average molecular weight is 400 g/mol. The molecule has 4 N–H and O–H groups in total. The number of imidazole rings is 1. The Hall–Kier alpha value is -2.66. The number of benzene rings is 1. The molecule has 0 radical (unpaired) electrons. The average Bonchev–Trinajstić information content (AvgIpc) is 3.24. The van der Waals surface area contributed by atoms with E-state index < -0.39 is 11.3 Å². The molecule has 0 saturated heterocycles. The second-order valence-electron chi connectivity index (χ2n) is 5.91. The summed E-state index contributed by atoms with van der Waals surface area (Å²) in [6.07, 6.45) is 3.24. The van der Waals surface area contributed by atoms with Gasteiger partial charge in [0.2, 0.25) is 11.3 Å². The molecule has 1 atom stereocenters. The predicted molar refractivity (Wildman–Crippen MR) is 107 cm³/mol. The van der Waals surface area contributed by atoms with Gasteiger partial charge in [0.1, 0.15) is 17.0 Å². The van der Waals surface area contributed by atoms with Crippen molar-refractivity contribution in [3.05, 3.63) is 48.5 Å². The molecule has 0 saturated carbocycles. The van der Waals surface area contributed by atoms with E-state index in [0.29, 0.717) is 12.4 Å². The Morgan fingerprint density at radius 2 is 2.04 bits per heavy atom. The van der Waals surface area contributed by atoms with E-state index in [9.17, 15) is 4.21 Å². The van der Waals surface area contributed by atoms with Gasteiger partial charge in [0, 0.05) is 19.2 Å². The van der Waals surface area contributed by atoms with Gasteiger partial charge in [-0.15, -0.1) is 11.3 Å². The van der Waals surface area contributed by atoms with Gasteiger partial charge >= 0.3 is 0 Å². The van der Waals surface area contributed by atoms with Crippen LogP contribution >= 0.6 is 11.3 Å². The van der Waals surface area contributed by atoms with Gasteiger partial charge in [-0.25, -0.2) is 23.9 Å². The summed E-state index contributed by atoms with van der Waals surface area (Å²) in [6.45, 7) is 0.312. The Morgan fingerprint density at radius 3 is 2.74 bits per heavy atom. The molecule has 3 aromatic heterocycles. The molecule has 3 heterocycles. The smallest absolute Gasteiger partial charge is 0.232 e. The highest BCUT2D eigenvalue weighted by molar-refractivity contribution is 7.77. The molecule has 0 spiro atoms. The quantitative estimate of drug-likeness (QED) is 0.443. The van der Waals surface area contributed by atoms with E-state index in [2.05, 4.69) is 19.7 Å². The van der Waals surface area contributed by atoms with E-state index in [-0.39, 0.29) is 0 Å². The summed E-state index contributed by atoms with van der Waals surface area (Å²) in [5.74, 6) is 0.462. The highest BCUT2D eigenvalue weighted by Gasteiger charge is 2.17. The normalized spacial score (nSPS) is 12.5. The molecule has 4 rings (SSSR count). The van der Waals surface area contributed by atoms with Crippen LogP contribution in [0.5, 0.6) is 0 Å². The van der Waals surface area contributed by atoms with Crippen LogP contribution in [0.4, 0.5) is 5.82 Å². The van der Waals surface area contributed by atoms with E-state index in [4.69, 9.17) is 10.3 Å². The number of hydrogen-bond acceptors (Lipinski definition) is 6. The molecule has 0 aliphatic rings. The zero-order valence-electron chi connectivity index (χ0n) is 14.3. The maximum Gasteiger partial charge on any atom is 0.232 e. The van der Waals surface area contributed by atoms with Gasteiger partial charge in [-0.05, 0) is 11.6 Å². The Morgan fingerprint density at radius 1 is 1.26 bits per heavy atom. The number of aryl methyl sites for hydroxylation is 1. The zero-order valence-corrected chi connectivity index (χ0v) is 15.9. The van der Waals surface area contributed by atoms with Crippen LogP contribution in [0.3, 0.4) is 0 Å². The number of fused-ring (bicyclic) bond motifs is 1. The first-order valence-corrected chi connectivity index (χ1v) is 9.90. The Bertz CT molecular complexity index is 1140. The van der Waals surface area contributed by atoms with Gasteiger partial charge < -0.3 is 10.3 Å². The first kappa shape index (κ1) is 17.7. The van der Waals surface area contributed by atoms with Crippen LogP contribution in [0, 0.1) is 0 Å². The monoisotopic (exact) mass is 400 g/mol. The van der Waals surface area contributed by atoms with Crippen molar-refractivity contribution in [3.8, 4) is 21.8 Å². The summed E-state index contributed by atoms with van der Waals surface area (Å²) >= 11 is -0.485. The number of rotatable bonds is 5. The van der Waals surface area contributed by atoms with Crippen molar-refractivity contribution in [1.29, 1.82) is 0 Å². The zero-order chi connectivity index (χ0) is 19.0. The summed E-state index contributed by atoms with van der Waals surface area (Å²) in [6, 6.07) is 9.70. The van der Waals surface area contributed by atoms with Crippen LogP contribution in [0.25, 0.3) is 32.0 Å². The largest absolute Gasteiger partial charge is 0.383 e. The molecule has 0 aliphatic carbocycles. The molecule has 0 aliphatic heterocycles. The second kappa shape index (κ2) is 7.16. The third-order valence-electron chi connectivity index (χ3n) is 4.16. The minimum atomic E-state index is -2.03. The lowest BCUT2D eigenvalue weighted by Crippen LogP contribution is -2.15. The standard InChI is InChI=1S/C17H16N6O2S2/c1-23-9-21-14(11-4-2-10(3-5-11)7-22-27(24)25)15(23)13-6-12-16(18)19-8-20-17(12)26-13/h2-6,8-9,22H,7H2,1H3,(H,24,25)(H2,18,19,20). The van der Waals surface area contributed by atoms with Crippen LogP contribution in [-0.2, 0) is 24.9 Å². The first-order chi connectivity index (χ1) is 13.0. The third-order valence-corrected chi connectivity index (χ3v) is 5.60. The summed E-state index contributed by atoms with van der Waals surface area (Å²) in [7, 11) is 1.94. The molecule has 0 bridgehead atoms. The van der Waals surface area contributed by atoms with E-state index in [1.54, 1.807) is 17.7 Å². The number of nitrogens with one attached hydrogen (secondary N) is 1. The summed E-state index contributed by atoms with van der Waals surface area (Å²) < 4.78 is 24.0. The minimum absolute atomic E-state index is 0.312. The highest BCUT2D eigenvalue weighted by Crippen LogP contribution is 2.38. The van der Waals surface area contributed by atoms with Crippen molar-refractivity contribution in [2.24, 2.45) is 7.05 Å². The topological polar surface area (TPSA) is 119 Å². The van der Waals surface area contributed by atoms with Crippen LogP contribution < -0.4 is 10.5 Å².